The maximum Gasteiger partial charge on any atom is 0.193 e. The lowest BCUT2D eigenvalue weighted by Crippen LogP contribution is -2.42. The number of aryl methyl sites for hydroxylation is 1. The van der Waals surface area contributed by atoms with Crippen LogP contribution in [0.5, 0.6) is 0 Å². The Kier molecular flexibility index (Phi) is 6.92. The molecule has 128 valence electrons. The van der Waals surface area contributed by atoms with Gasteiger partial charge < -0.3 is 10.2 Å². The third-order valence-electron chi connectivity index (χ3n) is 4.82. The molecule has 1 aromatic heterocycles. The van der Waals surface area contributed by atoms with E-state index in [-0.39, 0.29) is 24.0 Å². The monoisotopic (exact) mass is 429 g/mol. The first-order valence-corrected chi connectivity index (χ1v) is 8.35. The van der Waals surface area contributed by atoms with Crippen LogP contribution in [0.4, 0.5) is 0 Å². The Morgan fingerprint density at radius 2 is 2.26 bits per heavy atom. The van der Waals surface area contributed by atoms with Crippen LogP contribution in [-0.4, -0.2) is 47.3 Å². The fourth-order valence-electron chi connectivity index (χ4n) is 3.49. The zero-order valence-corrected chi connectivity index (χ0v) is 16.4. The number of hydrogen-bond acceptors (Lipinski definition) is 2. The first kappa shape index (κ1) is 18.3. The number of rotatable bonds is 3. The van der Waals surface area contributed by atoms with E-state index < -0.39 is 0 Å². The lowest BCUT2D eigenvalue weighted by Gasteiger charge is -2.25. The second-order valence-corrected chi connectivity index (χ2v) is 6.46. The van der Waals surface area contributed by atoms with Crippen molar-refractivity contribution >= 4 is 29.9 Å². The fraction of sp³-hybridized carbons (Fsp3) is 0.647. The quantitative estimate of drug-likeness (QED) is 0.348. The molecule has 23 heavy (non-hydrogen) atoms. The number of aliphatic imine (C=N–C) groups is 1. The molecule has 0 bridgehead atoms. The molecule has 1 aliphatic heterocycles. The minimum Gasteiger partial charge on any atom is -0.356 e. The van der Waals surface area contributed by atoms with Crippen molar-refractivity contribution in [1.82, 2.24) is 20.0 Å². The molecule has 0 amide bonds. The number of aromatic nitrogens is 2. The van der Waals surface area contributed by atoms with Crippen LogP contribution in [0.1, 0.15) is 37.2 Å². The van der Waals surface area contributed by atoms with Crippen molar-refractivity contribution in [2.24, 2.45) is 18.0 Å². The zero-order valence-electron chi connectivity index (χ0n) is 14.1. The summed E-state index contributed by atoms with van der Waals surface area (Å²) in [6, 6.07) is 0. The predicted molar refractivity (Wildman–Crippen MR) is 105 cm³/mol. The van der Waals surface area contributed by atoms with Crippen LogP contribution in [0.25, 0.3) is 0 Å². The van der Waals surface area contributed by atoms with Gasteiger partial charge >= 0.3 is 0 Å². The molecule has 1 aromatic rings. The van der Waals surface area contributed by atoms with Crippen molar-refractivity contribution < 1.29 is 0 Å². The fourth-order valence-corrected chi connectivity index (χ4v) is 3.49. The van der Waals surface area contributed by atoms with Gasteiger partial charge in [0.15, 0.2) is 5.96 Å². The van der Waals surface area contributed by atoms with Gasteiger partial charge in [-0.25, -0.2) is 0 Å². The van der Waals surface area contributed by atoms with Crippen molar-refractivity contribution in [1.29, 1.82) is 0 Å². The van der Waals surface area contributed by atoms with Crippen molar-refractivity contribution in [3.63, 3.8) is 0 Å². The summed E-state index contributed by atoms with van der Waals surface area (Å²) in [4.78, 5) is 6.87. The van der Waals surface area contributed by atoms with Gasteiger partial charge in [-0.2, -0.15) is 5.10 Å². The first-order valence-electron chi connectivity index (χ1n) is 8.35. The molecule has 1 N–H and O–H groups in total. The number of guanidine groups is 1. The highest BCUT2D eigenvalue weighted by molar-refractivity contribution is 14.0. The molecule has 0 saturated carbocycles. The Morgan fingerprint density at radius 1 is 1.39 bits per heavy atom. The number of nitrogens with zero attached hydrogens (tertiary/aromatic N) is 4. The first-order chi connectivity index (χ1) is 10.8. The van der Waals surface area contributed by atoms with Crippen LogP contribution in [0.2, 0.25) is 0 Å². The molecule has 0 spiro atoms. The van der Waals surface area contributed by atoms with Crippen LogP contribution < -0.4 is 5.32 Å². The summed E-state index contributed by atoms with van der Waals surface area (Å²) in [5.74, 6) is 2.38. The average molecular weight is 429 g/mol. The minimum absolute atomic E-state index is 0. The van der Waals surface area contributed by atoms with Gasteiger partial charge in [-0.15, -0.1) is 24.0 Å². The van der Waals surface area contributed by atoms with Crippen LogP contribution in [-0.2, 0) is 7.05 Å². The van der Waals surface area contributed by atoms with Crippen LogP contribution >= 0.6 is 24.0 Å². The van der Waals surface area contributed by atoms with Gasteiger partial charge in [0.25, 0.3) is 0 Å². The van der Waals surface area contributed by atoms with Crippen molar-refractivity contribution in [3.8, 4) is 0 Å². The Morgan fingerprint density at radius 3 is 2.91 bits per heavy atom. The second-order valence-electron chi connectivity index (χ2n) is 6.46. The van der Waals surface area contributed by atoms with E-state index in [1.54, 1.807) is 0 Å². The normalized spacial score (nSPS) is 24.6. The van der Waals surface area contributed by atoms with Crippen LogP contribution in [0, 0.1) is 5.92 Å². The maximum atomic E-state index is 4.48. The van der Waals surface area contributed by atoms with Crippen LogP contribution in [0.3, 0.4) is 0 Å². The second kappa shape index (κ2) is 8.70. The summed E-state index contributed by atoms with van der Waals surface area (Å²) in [5, 5.41) is 7.87. The summed E-state index contributed by atoms with van der Waals surface area (Å²) in [6.07, 6.45) is 13.6. The van der Waals surface area contributed by atoms with Gasteiger partial charge in [0, 0.05) is 45.8 Å². The highest BCUT2D eigenvalue weighted by Crippen LogP contribution is 2.26. The number of nitrogens with one attached hydrogen (secondary N) is 1. The molecule has 2 atom stereocenters. The molecule has 0 radical (unpaired) electrons. The lowest BCUT2D eigenvalue weighted by atomic mass is 9.94. The third-order valence-corrected chi connectivity index (χ3v) is 4.82. The SMILES string of the molecule is CN=C(NCC1CC=CCC1)N1CCC(c2cnn(C)c2)C1.I. The number of allylic oxidation sites excluding steroid dienone is 2. The van der Waals surface area contributed by atoms with E-state index in [9.17, 15) is 0 Å². The largest absolute Gasteiger partial charge is 0.356 e. The van der Waals surface area contributed by atoms with Gasteiger partial charge in [0.05, 0.1) is 6.20 Å². The highest BCUT2D eigenvalue weighted by atomic mass is 127. The average Bonchev–Trinajstić information content (AvgIpc) is 3.18. The van der Waals surface area contributed by atoms with Gasteiger partial charge in [-0.3, -0.25) is 9.67 Å². The van der Waals surface area contributed by atoms with E-state index in [0.717, 1.165) is 31.5 Å². The minimum atomic E-state index is 0. The van der Waals surface area contributed by atoms with Gasteiger partial charge in [0.2, 0.25) is 0 Å². The van der Waals surface area contributed by atoms with Crippen molar-refractivity contribution in [2.75, 3.05) is 26.7 Å². The molecular weight excluding hydrogens is 401 g/mol. The molecular formula is C17H28IN5. The number of hydrogen-bond donors (Lipinski definition) is 1. The molecule has 5 nitrogen and oxygen atoms in total. The molecule has 1 aliphatic carbocycles. The summed E-state index contributed by atoms with van der Waals surface area (Å²) in [5.41, 5.74) is 1.35. The van der Waals surface area contributed by atoms with E-state index in [1.165, 1.54) is 31.2 Å². The standard InChI is InChI=1S/C17H27N5.HI/c1-18-17(19-10-14-6-4-3-5-7-14)22-9-8-15(13-22)16-11-20-21(2)12-16;/h3-4,11-12,14-15H,5-10,13H2,1-2H3,(H,18,19);1H. The number of halogens is 1. The van der Waals surface area contributed by atoms with Gasteiger partial charge in [-0.05, 0) is 37.2 Å². The van der Waals surface area contributed by atoms with Gasteiger partial charge in [0.1, 0.15) is 0 Å². The van der Waals surface area contributed by atoms with E-state index in [2.05, 4.69) is 38.7 Å². The van der Waals surface area contributed by atoms with E-state index in [4.69, 9.17) is 0 Å². The molecule has 0 aromatic carbocycles. The summed E-state index contributed by atoms with van der Waals surface area (Å²) < 4.78 is 1.89. The third kappa shape index (κ3) is 4.71. The molecule has 2 aliphatic rings. The Bertz CT molecular complexity index is 551. The van der Waals surface area contributed by atoms with Crippen molar-refractivity contribution in [2.45, 2.75) is 31.6 Å². The Balaban J connectivity index is 0.00000192. The summed E-state index contributed by atoms with van der Waals surface area (Å²) >= 11 is 0. The summed E-state index contributed by atoms with van der Waals surface area (Å²) in [7, 11) is 3.87. The molecule has 2 unspecified atom stereocenters. The summed E-state index contributed by atoms with van der Waals surface area (Å²) in [6.45, 7) is 3.14. The van der Waals surface area contributed by atoms with Gasteiger partial charge in [-0.1, -0.05) is 12.2 Å². The van der Waals surface area contributed by atoms with E-state index in [0.29, 0.717) is 5.92 Å². The predicted octanol–water partition coefficient (Wildman–Crippen LogP) is 2.76. The smallest absolute Gasteiger partial charge is 0.193 e. The van der Waals surface area contributed by atoms with E-state index in [1.807, 2.05) is 25.0 Å². The molecule has 1 fully saturated rings. The Hall–Kier alpha value is -1.05. The molecule has 2 heterocycles. The maximum absolute atomic E-state index is 4.48. The number of likely N-dealkylation sites (tertiary alicyclic amines) is 1. The van der Waals surface area contributed by atoms with Crippen molar-refractivity contribution in [3.05, 3.63) is 30.1 Å². The topological polar surface area (TPSA) is 45.5 Å². The molecule has 6 heteroatoms. The zero-order chi connectivity index (χ0) is 15.4. The van der Waals surface area contributed by atoms with Crippen LogP contribution in [0.15, 0.2) is 29.5 Å². The Labute approximate surface area is 156 Å². The van der Waals surface area contributed by atoms with E-state index >= 15 is 0 Å². The highest BCUT2D eigenvalue weighted by Gasteiger charge is 2.27. The lowest BCUT2D eigenvalue weighted by molar-refractivity contribution is 0.439. The molecule has 1 saturated heterocycles. The molecule has 3 rings (SSSR count).